The van der Waals surface area contributed by atoms with Crippen molar-refractivity contribution in [3.63, 3.8) is 0 Å². The van der Waals surface area contributed by atoms with Crippen molar-refractivity contribution in [2.45, 2.75) is 18.9 Å². The summed E-state index contributed by atoms with van der Waals surface area (Å²) in [4.78, 5) is 0. The smallest absolute Gasteiger partial charge is 0.137 e. The fourth-order valence-corrected chi connectivity index (χ4v) is 1.62. The first-order valence-electron chi connectivity index (χ1n) is 4.08. The summed E-state index contributed by atoms with van der Waals surface area (Å²) in [5, 5.41) is 17.1. The van der Waals surface area contributed by atoms with E-state index in [0.29, 0.717) is 11.5 Å². The molecule has 1 aromatic heterocycles. The molecule has 4 heteroatoms. The van der Waals surface area contributed by atoms with Crippen LogP contribution in [0.5, 0.6) is 0 Å². The maximum absolute atomic E-state index is 8.75. The van der Waals surface area contributed by atoms with Crippen molar-refractivity contribution in [2.24, 2.45) is 5.92 Å². The van der Waals surface area contributed by atoms with Crippen LogP contribution in [0.2, 0.25) is 0 Å². The number of rotatable bonds is 3. The van der Waals surface area contributed by atoms with Crippen molar-refractivity contribution < 1.29 is 0 Å². The highest BCUT2D eigenvalue weighted by Crippen LogP contribution is 2.20. The fraction of sp³-hybridized carbons (Fsp3) is 0.444. The average molecular weight is 193 g/mol. The first kappa shape index (κ1) is 10.0. The molecule has 0 aliphatic rings. The van der Waals surface area contributed by atoms with Crippen molar-refractivity contribution in [3.8, 4) is 6.07 Å². The second-order valence-corrected chi connectivity index (χ2v) is 4.08. The Morgan fingerprint density at radius 1 is 1.62 bits per heavy atom. The van der Waals surface area contributed by atoms with Gasteiger partial charge in [0.05, 0.1) is 11.8 Å². The molecule has 0 saturated carbocycles. The largest absolute Gasteiger partial charge is 0.192 e. The minimum atomic E-state index is 0.596. The normalized spacial score (nSPS) is 10.0. The number of aromatic nitrogens is 2. The van der Waals surface area contributed by atoms with Crippen LogP contribution in [0, 0.1) is 17.2 Å². The Morgan fingerprint density at radius 3 is 3.00 bits per heavy atom. The van der Waals surface area contributed by atoms with Crippen LogP contribution in [-0.2, 0) is 0 Å². The molecule has 1 heterocycles. The lowest BCUT2D eigenvalue weighted by molar-refractivity contribution is 0.748. The predicted octanol–water partition coefficient (Wildman–Crippen LogP) is 2.10. The van der Waals surface area contributed by atoms with Crippen molar-refractivity contribution in [3.05, 3.63) is 17.8 Å². The van der Waals surface area contributed by atoms with Gasteiger partial charge in [-0.25, -0.2) is 0 Å². The Hall–Kier alpha value is -1.08. The van der Waals surface area contributed by atoms with Gasteiger partial charge in [-0.1, -0.05) is 13.8 Å². The molecule has 0 aliphatic heterocycles. The molecule has 0 bridgehead atoms. The van der Waals surface area contributed by atoms with Gasteiger partial charge >= 0.3 is 0 Å². The van der Waals surface area contributed by atoms with Crippen LogP contribution in [0.15, 0.2) is 17.3 Å². The summed E-state index contributed by atoms with van der Waals surface area (Å²) in [5.41, 5.74) is 0.612. The molecular weight excluding hydrogens is 182 g/mol. The van der Waals surface area contributed by atoms with Gasteiger partial charge in [-0.3, -0.25) is 0 Å². The Balaban J connectivity index is 2.71. The van der Waals surface area contributed by atoms with Crippen LogP contribution in [0.1, 0.15) is 19.4 Å². The van der Waals surface area contributed by atoms with E-state index >= 15 is 0 Å². The first-order valence-corrected chi connectivity index (χ1v) is 5.07. The number of hydrogen-bond donors (Lipinski definition) is 0. The zero-order valence-corrected chi connectivity index (χ0v) is 8.51. The van der Waals surface area contributed by atoms with E-state index < -0.39 is 0 Å². The minimum Gasteiger partial charge on any atom is -0.192 e. The van der Waals surface area contributed by atoms with Gasteiger partial charge in [0.25, 0.3) is 0 Å². The third-order valence-corrected chi connectivity index (χ3v) is 2.77. The molecule has 0 aromatic carbocycles. The minimum absolute atomic E-state index is 0.596. The van der Waals surface area contributed by atoms with E-state index in [4.69, 9.17) is 5.26 Å². The van der Waals surface area contributed by atoms with Gasteiger partial charge < -0.3 is 0 Å². The summed E-state index contributed by atoms with van der Waals surface area (Å²) in [5.74, 6) is 1.56. The topological polar surface area (TPSA) is 49.6 Å². The van der Waals surface area contributed by atoms with Crippen LogP contribution in [0.3, 0.4) is 0 Å². The standard InChI is InChI=1S/C9H11N3S/c1-7(2)6-13-9-8(5-10)3-4-11-12-9/h3-4,7H,6H2,1-2H3. The first-order chi connectivity index (χ1) is 6.24. The quantitative estimate of drug-likeness (QED) is 0.690. The molecule has 1 rings (SSSR count). The van der Waals surface area contributed by atoms with Crippen LogP contribution in [0.4, 0.5) is 0 Å². The number of nitrogens with zero attached hydrogens (tertiary/aromatic N) is 3. The molecule has 0 atom stereocenters. The van der Waals surface area contributed by atoms with Crippen molar-refractivity contribution in [2.75, 3.05) is 5.75 Å². The van der Waals surface area contributed by atoms with Crippen LogP contribution < -0.4 is 0 Å². The van der Waals surface area contributed by atoms with Crippen molar-refractivity contribution >= 4 is 11.8 Å². The molecule has 13 heavy (non-hydrogen) atoms. The van der Waals surface area contributed by atoms with E-state index in [1.54, 1.807) is 17.8 Å². The van der Waals surface area contributed by atoms with Gasteiger partial charge in [-0.05, 0) is 12.0 Å². The second kappa shape index (κ2) is 4.83. The molecule has 0 amide bonds. The Bertz CT molecular complexity index is 317. The molecule has 1 aromatic rings. The van der Waals surface area contributed by atoms with Gasteiger partial charge in [-0.15, -0.1) is 16.9 Å². The summed E-state index contributed by atoms with van der Waals surface area (Å²) < 4.78 is 0. The summed E-state index contributed by atoms with van der Waals surface area (Å²) in [6.07, 6.45) is 1.54. The van der Waals surface area contributed by atoms with E-state index in [2.05, 4.69) is 30.1 Å². The number of thioether (sulfide) groups is 1. The van der Waals surface area contributed by atoms with Crippen LogP contribution >= 0.6 is 11.8 Å². The Kier molecular flexibility index (Phi) is 3.71. The summed E-state index contributed by atoms with van der Waals surface area (Å²) in [6.45, 7) is 4.27. The zero-order chi connectivity index (χ0) is 9.68. The molecule has 0 saturated heterocycles. The molecule has 3 nitrogen and oxygen atoms in total. The number of hydrogen-bond acceptors (Lipinski definition) is 4. The van der Waals surface area contributed by atoms with Gasteiger partial charge in [0, 0.05) is 5.75 Å². The van der Waals surface area contributed by atoms with Gasteiger partial charge in [0.1, 0.15) is 11.1 Å². The lowest BCUT2D eigenvalue weighted by atomic mass is 10.3. The van der Waals surface area contributed by atoms with Gasteiger partial charge in [0.15, 0.2) is 0 Å². The summed E-state index contributed by atoms with van der Waals surface area (Å²) in [6, 6.07) is 3.79. The average Bonchev–Trinajstić information content (AvgIpc) is 2.15. The highest BCUT2D eigenvalue weighted by molar-refractivity contribution is 7.99. The Labute approximate surface area is 82.2 Å². The highest BCUT2D eigenvalue weighted by Gasteiger charge is 2.04. The fourth-order valence-electron chi connectivity index (χ4n) is 0.756. The molecule has 68 valence electrons. The van der Waals surface area contributed by atoms with E-state index in [1.807, 2.05) is 0 Å². The van der Waals surface area contributed by atoms with Gasteiger partial charge in [-0.2, -0.15) is 10.4 Å². The van der Waals surface area contributed by atoms with Crippen LogP contribution in [0.25, 0.3) is 0 Å². The lowest BCUT2D eigenvalue weighted by Gasteiger charge is -2.03. The third-order valence-electron chi connectivity index (χ3n) is 1.36. The van der Waals surface area contributed by atoms with E-state index in [1.165, 1.54) is 6.20 Å². The predicted molar refractivity (Wildman–Crippen MR) is 52.3 cm³/mol. The Morgan fingerprint density at radius 2 is 2.38 bits per heavy atom. The maximum atomic E-state index is 8.75. The summed E-state index contributed by atoms with van der Waals surface area (Å²) in [7, 11) is 0. The molecule has 0 unspecified atom stereocenters. The molecule has 0 radical (unpaired) electrons. The monoisotopic (exact) mass is 193 g/mol. The van der Waals surface area contributed by atoms with E-state index in [9.17, 15) is 0 Å². The van der Waals surface area contributed by atoms with Crippen molar-refractivity contribution in [1.82, 2.24) is 10.2 Å². The third kappa shape index (κ3) is 3.03. The molecule has 0 spiro atoms. The highest BCUT2D eigenvalue weighted by atomic mass is 32.2. The SMILES string of the molecule is CC(C)CSc1nnccc1C#N. The van der Waals surface area contributed by atoms with E-state index in [-0.39, 0.29) is 0 Å². The van der Waals surface area contributed by atoms with Gasteiger partial charge in [0.2, 0.25) is 0 Å². The number of nitriles is 1. The molecule has 0 fully saturated rings. The molecular formula is C9H11N3S. The molecule has 0 aliphatic carbocycles. The summed E-state index contributed by atoms with van der Waals surface area (Å²) >= 11 is 1.58. The maximum Gasteiger partial charge on any atom is 0.137 e. The van der Waals surface area contributed by atoms with Crippen LogP contribution in [-0.4, -0.2) is 16.0 Å². The lowest BCUT2D eigenvalue weighted by Crippen LogP contribution is -1.94. The zero-order valence-electron chi connectivity index (χ0n) is 7.69. The molecule has 0 N–H and O–H groups in total. The van der Waals surface area contributed by atoms with E-state index in [0.717, 1.165) is 10.8 Å². The second-order valence-electron chi connectivity index (χ2n) is 3.07. The van der Waals surface area contributed by atoms with Crippen molar-refractivity contribution in [1.29, 1.82) is 5.26 Å².